The number of phenolic OH excluding ortho intramolecular Hbond substituents is 2. The molecule has 1 aromatic carbocycles. The van der Waals surface area contributed by atoms with E-state index >= 15 is 0 Å². The van der Waals surface area contributed by atoms with E-state index in [0.29, 0.717) is 5.56 Å². The Bertz CT molecular complexity index is 408. The molecule has 1 unspecified atom stereocenters. The summed E-state index contributed by atoms with van der Waals surface area (Å²) in [6.45, 7) is 1.70. The van der Waals surface area contributed by atoms with Crippen LogP contribution in [-0.4, -0.2) is 47.2 Å². The van der Waals surface area contributed by atoms with E-state index in [9.17, 15) is 15.0 Å². The first-order chi connectivity index (χ1) is 8.08. The molecule has 1 aliphatic heterocycles. The molecule has 1 heterocycles. The van der Waals surface area contributed by atoms with Crippen LogP contribution < -0.4 is 5.32 Å². The third-order valence-electron chi connectivity index (χ3n) is 3.05. The molecule has 0 saturated carbocycles. The largest absolute Gasteiger partial charge is 0.508 e. The molecule has 0 radical (unpaired) electrons. The van der Waals surface area contributed by atoms with E-state index in [2.05, 4.69) is 5.32 Å². The van der Waals surface area contributed by atoms with E-state index in [1.165, 1.54) is 18.2 Å². The van der Waals surface area contributed by atoms with Gasteiger partial charge in [0, 0.05) is 31.3 Å². The van der Waals surface area contributed by atoms with Crippen LogP contribution in [0.4, 0.5) is 0 Å². The van der Waals surface area contributed by atoms with Crippen molar-refractivity contribution >= 4 is 5.91 Å². The van der Waals surface area contributed by atoms with Crippen LogP contribution >= 0.6 is 0 Å². The monoisotopic (exact) mass is 236 g/mol. The zero-order chi connectivity index (χ0) is 12.4. The number of rotatable bonds is 2. The molecule has 17 heavy (non-hydrogen) atoms. The number of carbonyl (C=O) groups is 1. The van der Waals surface area contributed by atoms with Crippen LogP contribution in [0.25, 0.3) is 0 Å². The standard InChI is InChI=1S/C12H16N2O3/c1-14(9-2-3-13-7-9)12(17)8-4-10(15)6-11(16)5-8/h4-6,9,13,15-16H,2-3,7H2,1H3. The number of amides is 1. The van der Waals surface area contributed by atoms with Crippen LogP contribution in [0.15, 0.2) is 18.2 Å². The van der Waals surface area contributed by atoms with Crippen LogP contribution in [0, 0.1) is 0 Å². The molecule has 0 aliphatic carbocycles. The fraction of sp³-hybridized carbons (Fsp3) is 0.417. The molecule has 0 aromatic heterocycles. The maximum atomic E-state index is 12.1. The molecule has 1 amide bonds. The van der Waals surface area contributed by atoms with Gasteiger partial charge in [-0.1, -0.05) is 0 Å². The van der Waals surface area contributed by atoms with Crippen molar-refractivity contribution in [3.8, 4) is 11.5 Å². The van der Waals surface area contributed by atoms with E-state index in [4.69, 9.17) is 0 Å². The SMILES string of the molecule is CN(C(=O)c1cc(O)cc(O)c1)C1CCNC1. The van der Waals surface area contributed by atoms with E-state index in [0.717, 1.165) is 19.5 Å². The van der Waals surface area contributed by atoms with Crippen molar-refractivity contribution < 1.29 is 15.0 Å². The van der Waals surface area contributed by atoms with Crippen molar-refractivity contribution in [3.05, 3.63) is 23.8 Å². The summed E-state index contributed by atoms with van der Waals surface area (Å²) in [5.41, 5.74) is 0.303. The highest BCUT2D eigenvalue weighted by molar-refractivity contribution is 5.95. The number of hydrogen-bond acceptors (Lipinski definition) is 4. The number of hydrogen-bond donors (Lipinski definition) is 3. The van der Waals surface area contributed by atoms with Crippen molar-refractivity contribution in [1.29, 1.82) is 0 Å². The third kappa shape index (κ3) is 2.50. The van der Waals surface area contributed by atoms with Crippen molar-refractivity contribution in [1.82, 2.24) is 10.2 Å². The Morgan fingerprint density at radius 3 is 2.53 bits per heavy atom. The van der Waals surface area contributed by atoms with Gasteiger partial charge in [-0.05, 0) is 25.1 Å². The number of nitrogens with one attached hydrogen (secondary N) is 1. The number of likely N-dealkylation sites (N-methyl/N-ethyl adjacent to an activating group) is 1. The predicted molar refractivity (Wildman–Crippen MR) is 63.1 cm³/mol. The summed E-state index contributed by atoms with van der Waals surface area (Å²) < 4.78 is 0. The smallest absolute Gasteiger partial charge is 0.254 e. The number of aromatic hydroxyl groups is 2. The fourth-order valence-corrected chi connectivity index (χ4v) is 2.06. The van der Waals surface area contributed by atoms with Crippen LogP contribution in [0.2, 0.25) is 0 Å². The highest BCUT2D eigenvalue weighted by Gasteiger charge is 2.24. The summed E-state index contributed by atoms with van der Waals surface area (Å²) in [5.74, 6) is -0.400. The molecule has 5 heteroatoms. The molecule has 1 fully saturated rings. The Labute approximate surface area is 99.7 Å². The van der Waals surface area contributed by atoms with Gasteiger partial charge < -0.3 is 20.4 Å². The predicted octanol–water partition coefficient (Wildman–Crippen LogP) is 0.532. The second-order valence-electron chi connectivity index (χ2n) is 4.30. The highest BCUT2D eigenvalue weighted by Crippen LogP contribution is 2.22. The highest BCUT2D eigenvalue weighted by atomic mass is 16.3. The third-order valence-corrected chi connectivity index (χ3v) is 3.05. The van der Waals surface area contributed by atoms with Crippen LogP contribution in [0.3, 0.4) is 0 Å². The minimum absolute atomic E-state index is 0.105. The Balaban J connectivity index is 2.17. The Kier molecular flexibility index (Phi) is 3.19. The lowest BCUT2D eigenvalue weighted by molar-refractivity contribution is 0.0743. The molecular weight excluding hydrogens is 220 g/mol. The van der Waals surface area contributed by atoms with E-state index in [1.807, 2.05) is 0 Å². The molecule has 1 saturated heterocycles. The lowest BCUT2D eigenvalue weighted by atomic mass is 10.1. The van der Waals surface area contributed by atoms with Crippen LogP contribution in [0.1, 0.15) is 16.8 Å². The summed E-state index contributed by atoms with van der Waals surface area (Å²) >= 11 is 0. The Hall–Kier alpha value is -1.75. The van der Waals surface area contributed by atoms with E-state index in [-0.39, 0.29) is 23.4 Å². The zero-order valence-corrected chi connectivity index (χ0v) is 9.68. The molecule has 1 aliphatic rings. The van der Waals surface area contributed by atoms with Gasteiger partial charge in [-0.2, -0.15) is 0 Å². The molecule has 2 rings (SSSR count). The minimum Gasteiger partial charge on any atom is -0.508 e. The lowest BCUT2D eigenvalue weighted by Crippen LogP contribution is -2.38. The first kappa shape index (κ1) is 11.7. The van der Waals surface area contributed by atoms with Gasteiger partial charge in [0.2, 0.25) is 0 Å². The minimum atomic E-state index is -0.190. The van der Waals surface area contributed by atoms with Gasteiger partial charge in [0.1, 0.15) is 11.5 Å². The van der Waals surface area contributed by atoms with Gasteiger partial charge in [0.15, 0.2) is 0 Å². The molecule has 0 spiro atoms. The Morgan fingerprint density at radius 1 is 1.35 bits per heavy atom. The number of carbonyl (C=O) groups excluding carboxylic acids is 1. The normalized spacial score (nSPS) is 19.2. The van der Waals surface area contributed by atoms with E-state index in [1.54, 1.807) is 11.9 Å². The first-order valence-corrected chi connectivity index (χ1v) is 5.59. The van der Waals surface area contributed by atoms with Gasteiger partial charge in [-0.3, -0.25) is 4.79 Å². The molecule has 0 bridgehead atoms. The molecular formula is C12H16N2O3. The molecule has 5 nitrogen and oxygen atoms in total. The molecule has 3 N–H and O–H groups in total. The average Bonchev–Trinajstić information content (AvgIpc) is 2.79. The topological polar surface area (TPSA) is 72.8 Å². The number of benzene rings is 1. The molecule has 92 valence electrons. The zero-order valence-electron chi connectivity index (χ0n) is 9.68. The van der Waals surface area contributed by atoms with Crippen molar-refractivity contribution in [3.63, 3.8) is 0 Å². The van der Waals surface area contributed by atoms with Crippen LogP contribution in [0.5, 0.6) is 11.5 Å². The maximum Gasteiger partial charge on any atom is 0.254 e. The van der Waals surface area contributed by atoms with Crippen molar-refractivity contribution in [2.24, 2.45) is 0 Å². The fourth-order valence-electron chi connectivity index (χ4n) is 2.06. The van der Waals surface area contributed by atoms with Gasteiger partial charge in [0.25, 0.3) is 5.91 Å². The van der Waals surface area contributed by atoms with E-state index < -0.39 is 0 Å². The first-order valence-electron chi connectivity index (χ1n) is 5.59. The Morgan fingerprint density at radius 2 is 2.00 bits per heavy atom. The summed E-state index contributed by atoms with van der Waals surface area (Å²) in [6.07, 6.45) is 0.924. The summed E-state index contributed by atoms with van der Waals surface area (Å²) in [5, 5.41) is 21.9. The second-order valence-corrected chi connectivity index (χ2v) is 4.30. The number of nitrogens with zero attached hydrogens (tertiary/aromatic N) is 1. The summed E-state index contributed by atoms with van der Waals surface area (Å²) in [4.78, 5) is 13.8. The molecule has 1 aromatic rings. The van der Waals surface area contributed by atoms with Crippen LogP contribution in [-0.2, 0) is 0 Å². The summed E-state index contributed by atoms with van der Waals surface area (Å²) in [6, 6.07) is 4.10. The second kappa shape index (κ2) is 4.63. The number of phenols is 2. The van der Waals surface area contributed by atoms with Gasteiger partial charge in [0.05, 0.1) is 0 Å². The lowest BCUT2D eigenvalue weighted by Gasteiger charge is -2.23. The quantitative estimate of drug-likeness (QED) is 0.700. The van der Waals surface area contributed by atoms with Crippen molar-refractivity contribution in [2.45, 2.75) is 12.5 Å². The van der Waals surface area contributed by atoms with Gasteiger partial charge >= 0.3 is 0 Å². The van der Waals surface area contributed by atoms with Crippen molar-refractivity contribution in [2.75, 3.05) is 20.1 Å². The van der Waals surface area contributed by atoms with Gasteiger partial charge in [-0.25, -0.2) is 0 Å². The maximum absolute atomic E-state index is 12.1. The summed E-state index contributed by atoms with van der Waals surface area (Å²) in [7, 11) is 1.74. The molecule has 1 atom stereocenters. The van der Waals surface area contributed by atoms with Gasteiger partial charge in [-0.15, -0.1) is 0 Å². The average molecular weight is 236 g/mol.